The zero-order chi connectivity index (χ0) is 18.9. The second-order valence-electron chi connectivity index (χ2n) is 7.10. The number of amides is 1. The Hall–Kier alpha value is -2.90. The van der Waals surface area contributed by atoms with Crippen molar-refractivity contribution in [3.05, 3.63) is 40.1 Å². The Morgan fingerprint density at radius 1 is 1.38 bits per heavy atom. The Balaban J connectivity index is 1.79. The van der Waals surface area contributed by atoms with Crippen LogP contribution in [0.5, 0.6) is 0 Å². The molecule has 3 rings (SSSR count). The van der Waals surface area contributed by atoms with Gasteiger partial charge in [0, 0.05) is 29.2 Å². The molecular weight excluding hydrogens is 338 g/mol. The SMILES string of the molecule is CC1CCC(NC(=O)Cc2c[nH]c3ccc([N+](=O)[O-])cc23)(C(=O)O)CC1. The quantitative estimate of drug-likeness (QED) is 0.559. The number of H-pyrrole nitrogens is 1. The number of carbonyl (C=O) groups excluding carboxylic acids is 1. The van der Waals surface area contributed by atoms with Gasteiger partial charge in [-0.1, -0.05) is 6.92 Å². The maximum atomic E-state index is 12.5. The summed E-state index contributed by atoms with van der Waals surface area (Å²) in [5.74, 6) is -0.949. The van der Waals surface area contributed by atoms with E-state index in [1.54, 1.807) is 12.3 Å². The monoisotopic (exact) mass is 359 g/mol. The largest absolute Gasteiger partial charge is 0.480 e. The number of carboxylic acids is 1. The summed E-state index contributed by atoms with van der Waals surface area (Å²) in [5.41, 5.74) is 0.0209. The van der Waals surface area contributed by atoms with Crippen LogP contribution in [0.25, 0.3) is 10.9 Å². The van der Waals surface area contributed by atoms with Gasteiger partial charge < -0.3 is 15.4 Å². The maximum absolute atomic E-state index is 12.5. The first-order chi connectivity index (χ1) is 12.3. The first-order valence-corrected chi connectivity index (χ1v) is 8.59. The van der Waals surface area contributed by atoms with Gasteiger partial charge in [-0.05, 0) is 43.2 Å². The lowest BCUT2D eigenvalue weighted by Crippen LogP contribution is -2.56. The van der Waals surface area contributed by atoms with E-state index in [4.69, 9.17) is 0 Å². The smallest absolute Gasteiger partial charge is 0.329 e. The number of nitrogens with one attached hydrogen (secondary N) is 2. The molecule has 1 aromatic heterocycles. The van der Waals surface area contributed by atoms with Crippen LogP contribution in [0.1, 0.15) is 38.2 Å². The van der Waals surface area contributed by atoms with Crippen molar-refractivity contribution in [1.29, 1.82) is 0 Å². The van der Waals surface area contributed by atoms with Crippen molar-refractivity contribution in [3.63, 3.8) is 0 Å². The summed E-state index contributed by atoms with van der Waals surface area (Å²) >= 11 is 0. The van der Waals surface area contributed by atoms with Gasteiger partial charge in [0.25, 0.3) is 5.69 Å². The molecule has 26 heavy (non-hydrogen) atoms. The van der Waals surface area contributed by atoms with Crippen LogP contribution in [0.15, 0.2) is 24.4 Å². The molecule has 2 aromatic rings. The van der Waals surface area contributed by atoms with Crippen LogP contribution in [0.3, 0.4) is 0 Å². The van der Waals surface area contributed by atoms with Crippen LogP contribution in [0, 0.1) is 16.0 Å². The molecule has 0 aliphatic heterocycles. The predicted octanol–water partition coefficient (Wildman–Crippen LogP) is 2.77. The van der Waals surface area contributed by atoms with Crippen molar-refractivity contribution in [2.24, 2.45) is 5.92 Å². The Bertz CT molecular complexity index is 865. The Morgan fingerprint density at radius 3 is 2.69 bits per heavy atom. The molecule has 0 radical (unpaired) electrons. The fourth-order valence-corrected chi connectivity index (χ4v) is 3.56. The normalized spacial score (nSPS) is 22.9. The van der Waals surface area contributed by atoms with Crippen LogP contribution in [-0.4, -0.2) is 32.4 Å². The summed E-state index contributed by atoms with van der Waals surface area (Å²) in [6.45, 7) is 2.08. The first kappa shape index (κ1) is 17.9. The Labute approximate surface area is 149 Å². The van der Waals surface area contributed by atoms with Crippen LogP contribution in [0.2, 0.25) is 0 Å². The molecule has 1 amide bonds. The minimum atomic E-state index is -1.22. The van der Waals surface area contributed by atoms with Gasteiger partial charge in [-0.2, -0.15) is 0 Å². The van der Waals surface area contributed by atoms with E-state index >= 15 is 0 Å². The molecule has 1 saturated carbocycles. The van der Waals surface area contributed by atoms with E-state index in [2.05, 4.69) is 17.2 Å². The number of aromatic amines is 1. The molecule has 1 fully saturated rings. The number of rotatable bonds is 5. The van der Waals surface area contributed by atoms with Gasteiger partial charge >= 0.3 is 5.97 Å². The summed E-state index contributed by atoms with van der Waals surface area (Å²) in [5, 5.41) is 23.9. The topological polar surface area (TPSA) is 125 Å². The highest BCUT2D eigenvalue weighted by Crippen LogP contribution is 2.32. The number of carboxylic acid groups (broad SMARTS) is 1. The van der Waals surface area contributed by atoms with Crippen molar-refractivity contribution in [1.82, 2.24) is 10.3 Å². The molecular formula is C18H21N3O5. The first-order valence-electron chi connectivity index (χ1n) is 8.59. The van der Waals surface area contributed by atoms with Crippen LogP contribution in [-0.2, 0) is 16.0 Å². The molecule has 0 unspecified atom stereocenters. The molecule has 0 bridgehead atoms. The lowest BCUT2D eigenvalue weighted by molar-refractivity contribution is -0.384. The zero-order valence-electron chi connectivity index (χ0n) is 14.4. The van der Waals surface area contributed by atoms with Crippen LogP contribution in [0.4, 0.5) is 5.69 Å². The molecule has 1 aliphatic rings. The second-order valence-corrected chi connectivity index (χ2v) is 7.10. The summed E-state index contributed by atoms with van der Waals surface area (Å²) in [6.07, 6.45) is 3.93. The number of carbonyl (C=O) groups is 2. The third kappa shape index (κ3) is 3.40. The number of hydrogen-bond donors (Lipinski definition) is 3. The van der Waals surface area contributed by atoms with Crippen molar-refractivity contribution >= 4 is 28.5 Å². The van der Waals surface area contributed by atoms with E-state index in [0.29, 0.717) is 35.2 Å². The molecule has 0 saturated heterocycles. The van der Waals surface area contributed by atoms with Gasteiger partial charge in [0.2, 0.25) is 5.91 Å². The molecule has 8 nitrogen and oxygen atoms in total. The number of fused-ring (bicyclic) bond motifs is 1. The number of non-ortho nitro benzene ring substituents is 1. The van der Waals surface area contributed by atoms with Gasteiger partial charge in [-0.25, -0.2) is 4.79 Å². The summed E-state index contributed by atoms with van der Waals surface area (Å²) in [4.78, 5) is 37.7. The third-order valence-electron chi connectivity index (χ3n) is 5.23. The maximum Gasteiger partial charge on any atom is 0.329 e. The fourth-order valence-electron chi connectivity index (χ4n) is 3.56. The molecule has 1 aliphatic carbocycles. The minimum Gasteiger partial charge on any atom is -0.480 e. The molecule has 8 heteroatoms. The summed E-state index contributed by atoms with van der Waals surface area (Å²) < 4.78 is 0. The summed E-state index contributed by atoms with van der Waals surface area (Å²) in [6, 6.07) is 4.41. The van der Waals surface area contributed by atoms with Gasteiger partial charge in [0.15, 0.2) is 0 Å². The number of benzene rings is 1. The highest BCUT2D eigenvalue weighted by atomic mass is 16.6. The van der Waals surface area contributed by atoms with Gasteiger partial charge in [0.05, 0.1) is 11.3 Å². The third-order valence-corrected chi connectivity index (χ3v) is 5.23. The highest BCUT2D eigenvalue weighted by Gasteiger charge is 2.42. The van der Waals surface area contributed by atoms with Crippen molar-refractivity contribution in [2.45, 2.75) is 44.6 Å². The molecule has 1 heterocycles. The molecule has 0 spiro atoms. The van der Waals surface area contributed by atoms with Crippen molar-refractivity contribution < 1.29 is 19.6 Å². The number of nitro groups is 1. The lowest BCUT2D eigenvalue weighted by Gasteiger charge is -2.36. The van der Waals surface area contributed by atoms with E-state index in [9.17, 15) is 24.8 Å². The lowest BCUT2D eigenvalue weighted by atomic mass is 9.77. The standard InChI is InChI=1S/C18H21N3O5/c1-11-4-6-18(7-5-11,17(23)24)20-16(22)8-12-10-19-15-3-2-13(21(25)26)9-14(12)15/h2-3,9-11,19H,4-8H2,1H3,(H,20,22)(H,23,24). The van der Waals surface area contributed by atoms with Crippen molar-refractivity contribution in [2.75, 3.05) is 0 Å². The van der Waals surface area contributed by atoms with E-state index in [-0.39, 0.29) is 12.1 Å². The van der Waals surface area contributed by atoms with Gasteiger partial charge in [-0.3, -0.25) is 14.9 Å². The van der Waals surface area contributed by atoms with E-state index in [1.807, 2.05) is 0 Å². The number of aliphatic carboxylic acids is 1. The van der Waals surface area contributed by atoms with Crippen LogP contribution >= 0.6 is 0 Å². The minimum absolute atomic E-state index is 0.0360. The molecule has 3 N–H and O–H groups in total. The number of aromatic nitrogens is 1. The fraction of sp³-hybridized carbons (Fsp3) is 0.444. The average Bonchev–Trinajstić information content (AvgIpc) is 2.99. The molecule has 0 atom stereocenters. The Morgan fingerprint density at radius 2 is 2.08 bits per heavy atom. The zero-order valence-corrected chi connectivity index (χ0v) is 14.4. The van der Waals surface area contributed by atoms with E-state index < -0.39 is 22.3 Å². The molecule has 1 aromatic carbocycles. The van der Waals surface area contributed by atoms with Gasteiger partial charge in [0.1, 0.15) is 5.54 Å². The van der Waals surface area contributed by atoms with Gasteiger partial charge in [-0.15, -0.1) is 0 Å². The number of hydrogen-bond acceptors (Lipinski definition) is 4. The predicted molar refractivity (Wildman–Crippen MR) is 94.8 cm³/mol. The molecule has 138 valence electrons. The van der Waals surface area contributed by atoms with E-state index in [0.717, 1.165) is 12.8 Å². The van der Waals surface area contributed by atoms with Crippen LogP contribution < -0.4 is 5.32 Å². The number of nitrogens with zero attached hydrogens (tertiary/aromatic N) is 1. The Kier molecular flexibility index (Phi) is 4.67. The average molecular weight is 359 g/mol. The van der Waals surface area contributed by atoms with E-state index in [1.165, 1.54) is 12.1 Å². The number of nitro benzene ring substituents is 1. The highest BCUT2D eigenvalue weighted by molar-refractivity contribution is 5.92. The summed E-state index contributed by atoms with van der Waals surface area (Å²) in [7, 11) is 0. The second kappa shape index (κ2) is 6.78. The van der Waals surface area contributed by atoms with Crippen molar-refractivity contribution in [3.8, 4) is 0 Å².